The van der Waals surface area contributed by atoms with Crippen LogP contribution in [0.3, 0.4) is 0 Å². The third-order valence-electron chi connectivity index (χ3n) is 3.25. The summed E-state index contributed by atoms with van der Waals surface area (Å²) in [6.07, 6.45) is 1.80. The third-order valence-corrected chi connectivity index (χ3v) is 3.75. The lowest BCUT2D eigenvalue weighted by atomic mass is 10.1. The van der Waals surface area contributed by atoms with Crippen LogP contribution in [0.5, 0.6) is 0 Å². The number of hydrogen-bond donors (Lipinski definition) is 2. The largest absolute Gasteiger partial charge is 0.326 e. The molecule has 6 heteroatoms. The summed E-state index contributed by atoms with van der Waals surface area (Å²) >= 11 is 3.43. The van der Waals surface area contributed by atoms with Gasteiger partial charge >= 0.3 is 0 Å². The van der Waals surface area contributed by atoms with Crippen molar-refractivity contribution in [1.82, 2.24) is 15.0 Å². The first kappa shape index (κ1) is 13.8. The molecule has 0 atom stereocenters. The molecule has 0 aliphatic rings. The normalized spacial score (nSPS) is 10.8. The number of hydrogen-bond acceptors (Lipinski definition) is 3. The molecule has 0 saturated carbocycles. The summed E-state index contributed by atoms with van der Waals surface area (Å²) in [5.41, 5.74) is 5.06. The van der Waals surface area contributed by atoms with Gasteiger partial charge in [0.05, 0.1) is 17.4 Å². The van der Waals surface area contributed by atoms with Gasteiger partial charge in [-0.3, -0.25) is 10.0 Å². The van der Waals surface area contributed by atoms with Crippen molar-refractivity contribution >= 4 is 32.9 Å². The van der Waals surface area contributed by atoms with E-state index < -0.39 is 5.91 Å². The Morgan fingerprint density at radius 1 is 1.24 bits per heavy atom. The molecule has 0 fully saturated rings. The first-order chi connectivity index (χ1) is 10.2. The third kappa shape index (κ3) is 2.81. The second-order valence-corrected chi connectivity index (χ2v) is 5.56. The maximum atomic E-state index is 11.3. The predicted molar refractivity (Wildman–Crippen MR) is 82.2 cm³/mol. The first-order valence-corrected chi connectivity index (χ1v) is 7.10. The van der Waals surface area contributed by atoms with Crippen LogP contribution in [0.2, 0.25) is 0 Å². The molecule has 0 saturated heterocycles. The average molecular weight is 346 g/mol. The number of amides is 1. The van der Waals surface area contributed by atoms with Crippen LogP contribution in [-0.2, 0) is 6.54 Å². The molecule has 3 rings (SSSR count). The molecule has 0 aliphatic heterocycles. The molecule has 0 unspecified atom stereocenters. The lowest BCUT2D eigenvalue weighted by Gasteiger charge is -2.06. The highest BCUT2D eigenvalue weighted by Gasteiger charge is 2.06. The molecule has 3 aromatic rings. The van der Waals surface area contributed by atoms with Gasteiger partial charge in [0.1, 0.15) is 0 Å². The molecule has 21 heavy (non-hydrogen) atoms. The van der Waals surface area contributed by atoms with E-state index in [1.165, 1.54) is 0 Å². The number of nitrogens with one attached hydrogen (secondary N) is 1. The van der Waals surface area contributed by atoms with E-state index in [0.717, 1.165) is 21.1 Å². The van der Waals surface area contributed by atoms with Gasteiger partial charge in [-0.15, -0.1) is 0 Å². The molecule has 1 amide bonds. The van der Waals surface area contributed by atoms with E-state index in [0.29, 0.717) is 12.1 Å². The molecule has 106 valence electrons. The molecule has 1 heterocycles. The Hall–Kier alpha value is -2.18. The SMILES string of the molecule is O=C(NO)c1ccc(Cn2cnc3cc(Br)ccc32)cc1. The molecular formula is C15H12BrN3O2. The molecule has 0 spiro atoms. The van der Waals surface area contributed by atoms with Gasteiger partial charge in [0.15, 0.2) is 0 Å². The van der Waals surface area contributed by atoms with E-state index >= 15 is 0 Å². The molecule has 0 aliphatic carbocycles. The number of hydroxylamine groups is 1. The van der Waals surface area contributed by atoms with E-state index in [-0.39, 0.29) is 0 Å². The zero-order valence-electron chi connectivity index (χ0n) is 11.0. The molecule has 0 radical (unpaired) electrons. The van der Waals surface area contributed by atoms with Crippen molar-refractivity contribution < 1.29 is 10.0 Å². The van der Waals surface area contributed by atoms with Crippen LogP contribution in [0.1, 0.15) is 15.9 Å². The van der Waals surface area contributed by atoms with Crippen molar-refractivity contribution in [3.05, 3.63) is 64.4 Å². The number of carbonyl (C=O) groups is 1. The number of benzene rings is 2. The Morgan fingerprint density at radius 3 is 2.71 bits per heavy atom. The monoisotopic (exact) mass is 345 g/mol. The first-order valence-electron chi connectivity index (χ1n) is 6.31. The van der Waals surface area contributed by atoms with E-state index in [1.807, 2.05) is 34.9 Å². The zero-order chi connectivity index (χ0) is 14.8. The van der Waals surface area contributed by atoms with Crippen LogP contribution in [0.15, 0.2) is 53.3 Å². The number of imidazole rings is 1. The fourth-order valence-corrected chi connectivity index (χ4v) is 2.53. The number of rotatable bonds is 3. The van der Waals surface area contributed by atoms with Gasteiger partial charge in [0.2, 0.25) is 0 Å². The Bertz CT molecular complexity index is 796. The fraction of sp³-hybridized carbons (Fsp3) is 0.0667. The van der Waals surface area contributed by atoms with Crippen LogP contribution >= 0.6 is 15.9 Å². The second kappa shape index (κ2) is 5.67. The van der Waals surface area contributed by atoms with Gasteiger partial charge in [-0.2, -0.15) is 0 Å². The van der Waals surface area contributed by atoms with E-state index in [1.54, 1.807) is 23.9 Å². The lowest BCUT2D eigenvalue weighted by Crippen LogP contribution is -2.18. The molecule has 5 nitrogen and oxygen atoms in total. The predicted octanol–water partition coefficient (Wildman–Crippen LogP) is 2.97. The van der Waals surface area contributed by atoms with E-state index in [4.69, 9.17) is 5.21 Å². The van der Waals surface area contributed by atoms with Gasteiger partial charge in [-0.05, 0) is 35.9 Å². The molecular weight excluding hydrogens is 334 g/mol. The summed E-state index contributed by atoms with van der Waals surface area (Å²) in [5, 5.41) is 8.59. The Balaban J connectivity index is 1.86. The highest BCUT2D eigenvalue weighted by Crippen LogP contribution is 2.19. The lowest BCUT2D eigenvalue weighted by molar-refractivity contribution is 0.0706. The standard InChI is InChI=1S/C15H12BrN3O2/c16-12-5-6-14-13(7-12)17-9-19(14)8-10-1-3-11(4-2-10)15(20)18-21/h1-7,9,21H,8H2,(H,18,20). The second-order valence-electron chi connectivity index (χ2n) is 4.64. The van der Waals surface area contributed by atoms with E-state index in [2.05, 4.69) is 20.9 Å². The number of aromatic nitrogens is 2. The number of carbonyl (C=O) groups excluding carboxylic acids is 1. The van der Waals surface area contributed by atoms with Crippen LogP contribution in [-0.4, -0.2) is 20.7 Å². The maximum Gasteiger partial charge on any atom is 0.274 e. The highest BCUT2D eigenvalue weighted by molar-refractivity contribution is 9.10. The minimum absolute atomic E-state index is 0.417. The molecule has 2 N–H and O–H groups in total. The van der Waals surface area contributed by atoms with Crippen LogP contribution in [0.4, 0.5) is 0 Å². The quantitative estimate of drug-likeness (QED) is 0.566. The number of fused-ring (bicyclic) bond motifs is 1. The van der Waals surface area contributed by atoms with Gasteiger partial charge in [-0.25, -0.2) is 10.5 Å². The zero-order valence-corrected chi connectivity index (χ0v) is 12.5. The summed E-state index contributed by atoms with van der Waals surface area (Å²) in [4.78, 5) is 15.6. The van der Waals surface area contributed by atoms with Gasteiger partial charge < -0.3 is 4.57 Å². The minimum Gasteiger partial charge on any atom is -0.326 e. The van der Waals surface area contributed by atoms with Crippen molar-refractivity contribution in [2.75, 3.05) is 0 Å². The van der Waals surface area contributed by atoms with Crippen LogP contribution in [0.25, 0.3) is 11.0 Å². The summed E-state index contributed by atoms with van der Waals surface area (Å²) in [6.45, 7) is 0.666. The van der Waals surface area contributed by atoms with Gasteiger partial charge in [0, 0.05) is 16.6 Å². The van der Waals surface area contributed by atoms with Crippen molar-refractivity contribution in [1.29, 1.82) is 0 Å². The summed E-state index contributed by atoms with van der Waals surface area (Å²) in [5.74, 6) is -0.514. The number of nitrogens with zero attached hydrogens (tertiary/aromatic N) is 2. The number of halogens is 1. The molecule has 0 bridgehead atoms. The fourth-order valence-electron chi connectivity index (χ4n) is 2.19. The van der Waals surface area contributed by atoms with Gasteiger partial charge in [-0.1, -0.05) is 28.1 Å². The average Bonchev–Trinajstić information content (AvgIpc) is 2.89. The maximum absolute atomic E-state index is 11.3. The van der Waals surface area contributed by atoms with E-state index in [9.17, 15) is 4.79 Å². The summed E-state index contributed by atoms with van der Waals surface area (Å²) < 4.78 is 3.04. The molecule has 2 aromatic carbocycles. The van der Waals surface area contributed by atoms with Gasteiger partial charge in [0.25, 0.3) is 5.91 Å². The van der Waals surface area contributed by atoms with Crippen molar-refractivity contribution in [3.8, 4) is 0 Å². The Morgan fingerprint density at radius 2 is 2.00 bits per heavy atom. The summed E-state index contributed by atoms with van der Waals surface area (Å²) in [7, 11) is 0. The topological polar surface area (TPSA) is 67.2 Å². The van der Waals surface area contributed by atoms with Crippen molar-refractivity contribution in [2.45, 2.75) is 6.54 Å². The van der Waals surface area contributed by atoms with Crippen LogP contribution < -0.4 is 5.48 Å². The highest BCUT2D eigenvalue weighted by atomic mass is 79.9. The van der Waals surface area contributed by atoms with Crippen molar-refractivity contribution in [3.63, 3.8) is 0 Å². The van der Waals surface area contributed by atoms with Crippen LogP contribution in [0, 0.1) is 0 Å². The van der Waals surface area contributed by atoms with Crippen molar-refractivity contribution in [2.24, 2.45) is 0 Å². The smallest absolute Gasteiger partial charge is 0.274 e. The minimum atomic E-state index is -0.514. The Kier molecular flexibility index (Phi) is 3.72. The summed E-state index contributed by atoms with van der Waals surface area (Å²) in [6, 6.07) is 13.0. The molecule has 1 aromatic heterocycles. The Labute approximate surface area is 129 Å².